The summed E-state index contributed by atoms with van der Waals surface area (Å²) in [6.07, 6.45) is 2.22. The van der Waals surface area contributed by atoms with E-state index in [1.54, 1.807) is 0 Å². The standard InChI is InChI=1S/C17H28N2O2/c1-5-14-10-18-15-9-13(6-7-16(15)21-14)8-12(2)19-17(3,4)11-20/h6-7,9,12,14,18-20H,5,8,10-11H2,1-4H3. The summed E-state index contributed by atoms with van der Waals surface area (Å²) < 4.78 is 5.93. The summed E-state index contributed by atoms with van der Waals surface area (Å²) in [5.41, 5.74) is 2.11. The number of nitrogens with one attached hydrogen (secondary N) is 2. The fourth-order valence-corrected chi connectivity index (χ4v) is 2.73. The van der Waals surface area contributed by atoms with Gasteiger partial charge in [0.15, 0.2) is 0 Å². The minimum absolute atomic E-state index is 0.134. The third-order valence-electron chi connectivity index (χ3n) is 3.89. The van der Waals surface area contributed by atoms with E-state index in [0.29, 0.717) is 6.04 Å². The average Bonchev–Trinajstić information content (AvgIpc) is 2.46. The van der Waals surface area contributed by atoms with Crippen molar-refractivity contribution >= 4 is 5.69 Å². The Morgan fingerprint density at radius 3 is 2.90 bits per heavy atom. The molecule has 1 aromatic rings. The van der Waals surface area contributed by atoms with Crippen molar-refractivity contribution in [3.05, 3.63) is 23.8 Å². The highest BCUT2D eigenvalue weighted by atomic mass is 16.5. The molecule has 0 radical (unpaired) electrons. The molecule has 1 aliphatic rings. The first-order valence-corrected chi connectivity index (χ1v) is 7.85. The molecule has 3 N–H and O–H groups in total. The quantitative estimate of drug-likeness (QED) is 0.754. The molecule has 0 saturated heterocycles. The van der Waals surface area contributed by atoms with E-state index in [2.05, 4.69) is 42.7 Å². The molecule has 1 aliphatic heterocycles. The largest absolute Gasteiger partial charge is 0.486 e. The molecule has 0 aliphatic carbocycles. The van der Waals surface area contributed by atoms with Crippen molar-refractivity contribution in [1.29, 1.82) is 0 Å². The van der Waals surface area contributed by atoms with Crippen molar-refractivity contribution in [2.24, 2.45) is 0 Å². The predicted molar refractivity (Wildman–Crippen MR) is 87.1 cm³/mol. The average molecular weight is 292 g/mol. The van der Waals surface area contributed by atoms with Gasteiger partial charge in [-0.25, -0.2) is 0 Å². The lowest BCUT2D eigenvalue weighted by Crippen LogP contribution is -2.48. The van der Waals surface area contributed by atoms with E-state index in [0.717, 1.165) is 30.8 Å². The van der Waals surface area contributed by atoms with Crippen molar-refractivity contribution in [3.8, 4) is 5.75 Å². The Morgan fingerprint density at radius 2 is 2.24 bits per heavy atom. The second kappa shape index (κ2) is 6.67. The Balaban J connectivity index is 1.99. The molecule has 118 valence electrons. The van der Waals surface area contributed by atoms with Gasteiger partial charge in [-0.05, 0) is 51.3 Å². The molecule has 2 rings (SSSR count). The number of benzene rings is 1. The maximum Gasteiger partial charge on any atom is 0.142 e. The zero-order valence-corrected chi connectivity index (χ0v) is 13.6. The molecule has 4 heteroatoms. The molecule has 0 amide bonds. The first-order chi connectivity index (χ1) is 9.93. The minimum Gasteiger partial charge on any atom is -0.486 e. The molecule has 1 aromatic carbocycles. The number of hydrogen-bond donors (Lipinski definition) is 3. The SMILES string of the molecule is CCC1CNc2cc(CC(C)NC(C)(C)CO)ccc2O1. The van der Waals surface area contributed by atoms with Gasteiger partial charge in [0.2, 0.25) is 0 Å². The normalized spacial score (nSPS) is 19.4. The maximum atomic E-state index is 9.33. The van der Waals surface area contributed by atoms with Crippen molar-refractivity contribution in [1.82, 2.24) is 5.32 Å². The zero-order chi connectivity index (χ0) is 15.5. The molecule has 2 atom stereocenters. The monoisotopic (exact) mass is 292 g/mol. The van der Waals surface area contributed by atoms with Gasteiger partial charge < -0.3 is 20.5 Å². The lowest BCUT2D eigenvalue weighted by Gasteiger charge is -2.29. The molecule has 0 saturated carbocycles. The predicted octanol–water partition coefficient (Wildman–Crippen LogP) is 2.56. The van der Waals surface area contributed by atoms with E-state index in [4.69, 9.17) is 4.74 Å². The van der Waals surface area contributed by atoms with Crippen LogP contribution in [0.2, 0.25) is 0 Å². The molecule has 0 spiro atoms. The van der Waals surface area contributed by atoms with Crippen LogP contribution in [-0.4, -0.2) is 35.9 Å². The molecule has 0 bridgehead atoms. The van der Waals surface area contributed by atoms with Gasteiger partial charge >= 0.3 is 0 Å². The van der Waals surface area contributed by atoms with Crippen LogP contribution in [0.4, 0.5) is 5.69 Å². The number of rotatable bonds is 6. The van der Waals surface area contributed by atoms with Crippen LogP contribution in [0.5, 0.6) is 5.75 Å². The third kappa shape index (κ3) is 4.35. The number of aliphatic hydroxyl groups is 1. The topological polar surface area (TPSA) is 53.5 Å². The van der Waals surface area contributed by atoms with E-state index in [1.807, 2.05) is 13.8 Å². The first kappa shape index (κ1) is 16.1. The number of fused-ring (bicyclic) bond motifs is 1. The Morgan fingerprint density at radius 1 is 1.48 bits per heavy atom. The van der Waals surface area contributed by atoms with Gasteiger partial charge in [0.1, 0.15) is 11.9 Å². The fourth-order valence-electron chi connectivity index (χ4n) is 2.73. The maximum absolute atomic E-state index is 9.33. The van der Waals surface area contributed by atoms with Crippen LogP contribution in [0.15, 0.2) is 18.2 Å². The van der Waals surface area contributed by atoms with E-state index in [-0.39, 0.29) is 18.2 Å². The Kier molecular flexibility index (Phi) is 5.12. The van der Waals surface area contributed by atoms with E-state index in [9.17, 15) is 5.11 Å². The van der Waals surface area contributed by atoms with Crippen LogP contribution in [0, 0.1) is 0 Å². The zero-order valence-electron chi connectivity index (χ0n) is 13.6. The lowest BCUT2D eigenvalue weighted by molar-refractivity contribution is 0.177. The van der Waals surface area contributed by atoms with E-state index in [1.165, 1.54) is 5.56 Å². The molecule has 4 nitrogen and oxygen atoms in total. The highest BCUT2D eigenvalue weighted by Gasteiger charge is 2.20. The molecular weight excluding hydrogens is 264 g/mol. The number of hydrogen-bond acceptors (Lipinski definition) is 4. The number of aliphatic hydroxyl groups excluding tert-OH is 1. The van der Waals surface area contributed by atoms with Gasteiger partial charge in [-0.1, -0.05) is 13.0 Å². The van der Waals surface area contributed by atoms with Gasteiger partial charge in [0.25, 0.3) is 0 Å². The van der Waals surface area contributed by atoms with Gasteiger partial charge in [-0.15, -0.1) is 0 Å². The van der Waals surface area contributed by atoms with Gasteiger partial charge in [0, 0.05) is 11.6 Å². The molecule has 1 heterocycles. The summed E-state index contributed by atoms with van der Waals surface area (Å²) in [4.78, 5) is 0. The van der Waals surface area contributed by atoms with Crippen LogP contribution < -0.4 is 15.4 Å². The summed E-state index contributed by atoms with van der Waals surface area (Å²) in [5, 5.41) is 16.2. The number of ether oxygens (including phenoxy) is 1. The lowest BCUT2D eigenvalue weighted by atomic mass is 10.0. The highest BCUT2D eigenvalue weighted by Crippen LogP contribution is 2.31. The van der Waals surface area contributed by atoms with Crippen LogP contribution in [-0.2, 0) is 6.42 Å². The molecule has 0 fully saturated rings. The van der Waals surface area contributed by atoms with Gasteiger partial charge in [-0.2, -0.15) is 0 Å². The van der Waals surface area contributed by atoms with Crippen molar-refractivity contribution in [2.45, 2.75) is 58.2 Å². The highest BCUT2D eigenvalue weighted by molar-refractivity contribution is 5.59. The first-order valence-electron chi connectivity index (χ1n) is 7.85. The molecular formula is C17H28N2O2. The van der Waals surface area contributed by atoms with E-state index >= 15 is 0 Å². The van der Waals surface area contributed by atoms with Crippen molar-refractivity contribution in [3.63, 3.8) is 0 Å². The van der Waals surface area contributed by atoms with Crippen molar-refractivity contribution < 1.29 is 9.84 Å². The summed E-state index contributed by atoms with van der Waals surface area (Å²) in [5.74, 6) is 0.952. The molecule has 2 unspecified atom stereocenters. The molecule has 21 heavy (non-hydrogen) atoms. The smallest absolute Gasteiger partial charge is 0.142 e. The fraction of sp³-hybridized carbons (Fsp3) is 0.647. The summed E-state index contributed by atoms with van der Waals surface area (Å²) in [7, 11) is 0. The van der Waals surface area contributed by atoms with E-state index < -0.39 is 0 Å². The van der Waals surface area contributed by atoms with Crippen molar-refractivity contribution in [2.75, 3.05) is 18.5 Å². The van der Waals surface area contributed by atoms with Gasteiger partial charge in [0.05, 0.1) is 18.8 Å². The van der Waals surface area contributed by atoms with Gasteiger partial charge in [-0.3, -0.25) is 0 Å². The minimum atomic E-state index is -0.247. The van der Waals surface area contributed by atoms with Crippen LogP contribution in [0.25, 0.3) is 0 Å². The summed E-state index contributed by atoms with van der Waals surface area (Å²) in [6.45, 7) is 9.32. The number of anilines is 1. The van der Waals surface area contributed by atoms with Crippen LogP contribution in [0.3, 0.4) is 0 Å². The second-order valence-electron chi connectivity index (χ2n) is 6.65. The Hall–Kier alpha value is -1.26. The van der Waals surface area contributed by atoms with Crippen LogP contribution in [0.1, 0.15) is 39.7 Å². The molecule has 0 aromatic heterocycles. The summed E-state index contributed by atoms with van der Waals surface area (Å²) >= 11 is 0. The Bertz CT molecular complexity index is 474. The summed E-state index contributed by atoms with van der Waals surface area (Å²) in [6, 6.07) is 6.66. The third-order valence-corrected chi connectivity index (χ3v) is 3.89. The second-order valence-corrected chi connectivity index (χ2v) is 6.65. The Labute approximate surface area is 127 Å². The van der Waals surface area contributed by atoms with Crippen LogP contribution >= 0.6 is 0 Å².